The Hall–Kier alpha value is -0.0800. The van der Waals surface area contributed by atoms with Gasteiger partial charge < -0.3 is 10.8 Å². The fourth-order valence-electron chi connectivity index (χ4n) is 2.97. The molecular weight excluding hydrogens is 174 g/mol. The van der Waals surface area contributed by atoms with E-state index in [0.717, 1.165) is 25.7 Å². The van der Waals surface area contributed by atoms with Crippen molar-refractivity contribution >= 4 is 0 Å². The van der Waals surface area contributed by atoms with Crippen molar-refractivity contribution in [3.8, 4) is 0 Å². The molecule has 0 amide bonds. The minimum absolute atomic E-state index is 0.0330. The van der Waals surface area contributed by atoms with E-state index in [4.69, 9.17) is 5.73 Å². The number of nitrogens with two attached hydrogens (primary N) is 1. The van der Waals surface area contributed by atoms with Crippen LogP contribution in [0.4, 0.5) is 0 Å². The highest BCUT2D eigenvalue weighted by Gasteiger charge is 2.48. The molecule has 84 valence electrons. The first-order valence-electron chi connectivity index (χ1n) is 5.90. The first-order valence-corrected chi connectivity index (χ1v) is 5.90. The molecule has 1 fully saturated rings. The molecule has 1 aliphatic rings. The van der Waals surface area contributed by atoms with E-state index in [0.29, 0.717) is 6.54 Å². The van der Waals surface area contributed by atoms with Crippen molar-refractivity contribution in [1.82, 2.24) is 0 Å². The number of aliphatic hydroxyl groups is 1. The lowest BCUT2D eigenvalue weighted by atomic mass is 9.59. The molecule has 2 nitrogen and oxygen atoms in total. The van der Waals surface area contributed by atoms with Gasteiger partial charge in [-0.15, -0.1) is 0 Å². The second kappa shape index (κ2) is 4.19. The molecule has 1 saturated carbocycles. The summed E-state index contributed by atoms with van der Waals surface area (Å²) in [5, 5.41) is 10.8. The minimum atomic E-state index is -0.533. The van der Waals surface area contributed by atoms with Crippen molar-refractivity contribution in [3.63, 3.8) is 0 Å². The highest BCUT2D eigenvalue weighted by Crippen LogP contribution is 2.48. The molecule has 1 rings (SSSR count). The van der Waals surface area contributed by atoms with Gasteiger partial charge in [0.05, 0.1) is 5.60 Å². The van der Waals surface area contributed by atoms with E-state index >= 15 is 0 Å². The molecule has 0 aromatic rings. The summed E-state index contributed by atoms with van der Waals surface area (Å²) in [5.41, 5.74) is 5.26. The Balaban J connectivity index is 2.87. The summed E-state index contributed by atoms with van der Waals surface area (Å²) in [7, 11) is 0. The smallest absolute Gasteiger partial charge is 0.0738 e. The van der Waals surface area contributed by atoms with Crippen molar-refractivity contribution < 1.29 is 5.11 Å². The lowest BCUT2D eigenvalue weighted by Gasteiger charge is -2.50. The summed E-state index contributed by atoms with van der Waals surface area (Å²) >= 11 is 0. The Morgan fingerprint density at radius 3 is 2.29 bits per heavy atom. The molecule has 0 aliphatic heterocycles. The van der Waals surface area contributed by atoms with Crippen molar-refractivity contribution in [3.05, 3.63) is 0 Å². The van der Waals surface area contributed by atoms with Gasteiger partial charge >= 0.3 is 0 Å². The molecule has 0 heterocycles. The van der Waals surface area contributed by atoms with E-state index in [1.54, 1.807) is 0 Å². The fourth-order valence-corrected chi connectivity index (χ4v) is 2.97. The molecule has 1 aliphatic carbocycles. The maximum Gasteiger partial charge on any atom is 0.0738 e. The average Bonchev–Trinajstić information content (AvgIpc) is 2.12. The van der Waals surface area contributed by atoms with Gasteiger partial charge in [0.1, 0.15) is 0 Å². The Bertz CT molecular complexity index is 187. The predicted molar refractivity (Wildman–Crippen MR) is 60.0 cm³/mol. The minimum Gasteiger partial charge on any atom is -0.389 e. The Morgan fingerprint density at radius 2 is 1.86 bits per heavy atom. The molecular formula is C12H25NO. The van der Waals surface area contributed by atoms with E-state index in [2.05, 4.69) is 20.8 Å². The average molecular weight is 199 g/mol. The van der Waals surface area contributed by atoms with E-state index in [1.807, 2.05) is 0 Å². The van der Waals surface area contributed by atoms with Crippen molar-refractivity contribution in [2.24, 2.45) is 17.1 Å². The van der Waals surface area contributed by atoms with Crippen LogP contribution in [0.25, 0.3) is 0 Å². The Labute approximate surface area is 87.9 Å². The van der Waals surface area contributed by atoms with E-state index in [-0.39, 0.29) is 11.3 Å². The Morgan fingerprint density at radius 1 is 1.29 bits per heavy atom. The standard InChI is InChI=1S/C12H25NO/c1-4-10(9-13)12(14)8-6-5-7-11(12,2)3/h10,14H,4-9,13H2,1-3H3. The van der Waals surface area contributed by atoms with Gasteiger partial charge in [-0.2, -0.15) is 0 Å². The zero-order chi connectivity index (χ0) is 10.8. The van der Waals surface area contributed by atoms with Gasteiger partial charge in [0.2, 0.25) is 0 Å². The fraction of sp³-hybridized carbons (Fsp3) is 1.00. The van der Waals surface area contributed by atoms with Crippen LogP contribution in [0.15, 0.2) is 0 Å². The Kier molecular flexibility index (Phi) is 3.59. The number of hydrogen-bond acceptors (Lipinski definition) is 2. The van der Waals surface area contributed by atoms with Gasteiger partial charge in [0, 0.05) is 5.92 Å². The van der Waals surface area contributed by atoms with Crippen LogP contribution in [0.2, 0.25) is 0 Å². The maximum absolute atomic E-state index is 10.8. The number of hydrogen-bond donors (Lipinski definition) is 2. The molecule has 14 heavy (non-hydrogen) atoms. The van der Waals surface area contributed by atoms with Gasteiger partial charge in [-0.1, -0.05) is 33.6 Å². The largest absolute Gasteiger partial charge is 0.389 e. The molecule has 0 aromatic carbocycles. The molecule has 2 atom stereocenters. The maximum atomic E-state index is 10.8. The molecule has 0 bridgehead atoms. The normalized spacial score (nSPS) is 34.1. The monoisotopic (exact) mass is 199 g/mol. The third-order valence-electron chi connectivity index (χ3n) is 4.23. The van der Waals surface area contributed by atoms with E-state index < -0.39 is 5.60 Å². The van der Waals surface area contributed by atoms with Gasteiger partial charge in [0.15, 0.2) is 0 Å². The van der Waals surface area contributed by atoms with Crippen LogP contribution in [0.5, 0.6) is 0 Å². The van der Waals surface area contributed by atoms with Gasteiger partial charge in [-0.25, -0.2) is 0 Å². The zero-order valence-corrected chi connectivity index (χ0v) is 9.84. The summed E-state index contributed by atoms with van der Waals surface area (Å²) < 4.78 is 0. The van der Waals surface area contributed by atoms with Crippen LogP contribution in [-0.4, -0.2) is 17.3 Å². The van der Waals surface area contributed by atoms with Crippen LogP contribution < -0.4 is 5.73 Å². The van der Waals surface area contributed by atoms with E-state index in [1.165, 1.54) is 6.42 Å². The second-order valence-corrected chi connectivity index (χ2v) is 5.36. The molecule has 2 heteroatoms. The highest BCUT2D eigenvalue weighted by atomic mass is 16.3. The topological polar surface area (TPSA) is 46.2 Å². The molecule has 0 aromatic heterocycles. The third kappa shape index (κ3) is 1.82. The molecule has 0 spiro atoms. The summed E-state index contributed by atoms with van der Waals surface area (Å²) in [5.74, 6) is 0.262. The quantitative estimate of drug-likeness (QED) is 0.732. The second-order valence-electron chi connectivity index (χ2n) is 5.36. The summed E-state index contributed by atoms with van der Waals surface area (Å²) in [6, 6.07) is 0. The van der Waals surface area contributed by atoms with Crippen LogP contribution >= 0.6 is 0 Å². The molecule has 0 saturated heterocycles. The summed E-state index contributed by atoms with van der Waals surface area (Å²) in [6.07, 6.45) is 5.43. The highest BCUT2D eigenvalue weighted by molar-refractivity contribution is 5.00. The van der Waals surface area contributed by atoms with Crippen molar-refractivity contribution in [1.29, 1.82) is 0 Å². The van der Waals surface area contributed by atoms with Crippen LogP contribution in [0, 0.1) is 11.3 Å². The van der Waals surface area contributed by atoms with E-state index in [9.17, 15) is 5.11 Å². The third-order valence-corrected chi connectivity index (χ3v) is 4.23. The zero-order valence-electron chi connectivity index (χ0n) is 9.84. The SMILES string of the molecule is CCC(CN)C1(O)CCCCC1(C)C. The first-order chi connectivity index (χ1) is 6.48. The lowest BCUT2D eigenvalue weighted by molar-refractivity contribution is -0.136. The lowest BCUT2D eigenvalue weighted by Crippen LogP contribution is -2.54. The molecule has 2 unspecified atom stereocenters. The summed E-state index contributed by atoms with van der Waals surface area (Å²) in [4.78, 5) is 0. The first kappa shape index (κ1) is 12.0. The summed E-state index contributed by atoms with van der Waals surface area (Å²) in [6.45, 7) is 7.10. The number of rotatable bonds is 3. The van der Waals surface area contributed by atoms with Gasteiger partial charge in [-0.3, -0.25) is 0 Å². The van der Waals surface area contributed by atoms with Crippen LogP contribution in [0.1, 0.15) is 52.9 Å². The van der Waals surface area contributed by atoms with Crippen molar-refractivity contribution in [2.45, 2.75) is 58.5 Å². The molecule has 0 radical (unpaired) electrons. The van der Waals surface area contributed by atoms with Crippen LogP contribution in [0.3, 0.4) is 0 Å². The predicted octanol–water partition coefficient (Wildman–Crippen LogP) is 2.30. The van der Waals surface area contributed by atoms with Gasteiger partial charge in [-0.05, 0) is 31.2 Å². The molecule has 3 N–H and O–H groups in total. The van der Waals surface area contributed by atoms with Gasteiger partial charge in [0.25, 0.3) is 0 Å². The van der Waals surface area contributed by atoms with Crippen molar-refractivity contribution in [2.75, 3.05) is 6.54 Å². The van der Waals surface area contributed by atoms with Crippen LogP contribution in [-0.2, 0) is 0 Å².